The second-order valence-corrected chi connectivity index (χ2v) is 6.17. The molecule has 6 heteroatoms. The molecule has 0 radical (unpaired) electrons. The lowest BCUT2D eigenvalue weighted by Crippen LogP contribution is -2.42. The Balaban J connectivity index is 1.81. The van der Waals surface area contributed by atoms with Crippen LogP contribution in [0.25, 0.3) is 0 Å². The molecule has 0 aliphatic heterocycles. The van der Waals surface area contributed by atoms with Crippen molar-refractivity contribution < 1.29 is 14.3 Å². The molecule has 0 aliphatic rings. The first-order valence-corrected chi connectivity index (χ1v) is 7.60. The van der Waals surface area contributed by atoms with Gasteiger partial charge in [-0.2, -0.15) is 0 Å². The quantitative estimate of drug-likeness (QED) is 0.795. The third-order valence-electron chi connectivity index (χ3n) is 3.23. The smallest absolute Gasteiger partial charge is 0.315 e. The number of carbonyl (C=O) groups excluding carboxylic acids is 1. The van der Waals surface area contributed by atoms with Crippen LogP contribution < -0.4 is 10.6 Å². The number of nitrogens with one attached hydrogen (secondary N) is 2. The van der Waals surface area contributed by atoms with E-state index in [0.717, 1.165) is 22.0 Å². The van der Waals surface area contributed by atoms with E-state index in [1.165, 1.54) is 11.3 Å². The van der Waals surface area contributed by atoms with Crippen molar-refractivity contribution in [3.05, 3.63) is 45.5 Å². The number of urea groups is 1. The van der Waals surface area contributed by atoms with Gasteiger partial charge in [-0.3, -0.25) is 0 Å². The number of furan rings is 1. The van der Waals surface area contributed by atoms with Crippen LogP contribution >= 0.6 is 11.3 Å². The lowest BCUT2D eigenvalue weighted by atomic mass is 10.1. The van der Waals surface area contributed by atoms with Crippen molar-refractivity contribution in [2.24, 2.45) is 0 Å². The van der Waals surface area contributed by atoms with Gasteiger partial charge in [0, 0.05) is 17.0 Å². The standard InChI is InChI=1S/C15H20N2O3S/c1-10-7-12(11(2)20-10)8-16-14(18)17-9-15(3,19)13-5-4-6-21-13/h4-7,19H,8-9H2,1-3H3,(H2,16,17,18)/t15-/m0/s1. The van der Waals surface area contributed by atoms with Gasteiger partial charge in [0.1, 0.15) is 17.1 Å². The van der Waals surface area contributed by atoms with Crippen LogP contribution in [0.2, 0.25) is 0 Å². The first kappa shape index (κ1) is 15.6. The average molecular weight is 308 g/mol. The third-order valence-corrected chi connectivity index (χ3v) is 4.35. The highest BCUT2D eigenvalue weighted by Gasteiger charge is 2.24. The predicted octanol–water partition coefficient (Wildman–Crippen LogP) is 2.66. The fraction of sp³-hybridized carbons (Fsp3) is 0.400. The Morgan fingerprint density at radius 2 is 2.19 bits per heavy atom. The van der Waals surface area contributed by atoms with Gasteiger partial charge >= 0.3 is 6.03 Å². The molecule has 0 saturated heterocycles. The second-order valence-electron chi connectivity index (χ2n) is 5.23. The van der Waals surface area contributed by atoms with Crippen molar-refractivity contribution >= 4 is 17.4 Å². The molecule has 3 N–H and O–H groups in total. The van der Waals surface area contributed by atoms with Crippen LogP contribution in [-0.2, 0) is 12.1 Å². The molecule has 2 heterocycles. The maximum absolute atomic E-state index is 11.8. The molecule has 1 atom stereocenters. The van der Waals surface area contributed by atoms with Crippen LogP contribution in [0, 0.1) is 13.8 Å². The number of amides is 2. The first-order valence-electron chi connectivity index (χ1n) is 6.72. The van der Waals surface area contributed by atoms with E-state index >= 15 is 0 Å². The van der Waals surface area contributed by atoms with Crippen molar-refractivity contribution in [2.45, 2.75) is 32.9 Å². The van der Waals surface area contributed by atoms with E-state index in [2.05, 4.69) is 10.6 Å². The monoisotopic (exact) mass is 308 g/mol. The molecule has 114 valence electrons. The van der Waals surface area contributed by atoms with Crippen molar-refractivity contribution in [3.63, 3.8) is 0 Å². The molecular formula is C15H20N2O3S. The van der Waals surface area contributed by atoms with Gasteiger partial charge < -0.3 is 20.2 Å². The molecule has 5 nitrogen and oxygen atoms in total. The summed E-state index contributed by atoms with van der Waals surface area (Å²) in [5.74, 6) is 1.63. The Labute approximate surface area is 128 Å². The number of thiophene rings is 1. The van der Waals surface area contributed by atoms with Crippen molar-refractivity contribution in [1.82, 2.24) is 10.6 Å². The van der Waals surface area contributed by atoms with Gasteiger partial charge in [0.25, 0.3) is 0 Å². The summed E-state index contributed by atoms with van der Waals surface area (Å²) in [5.41, 5.74) is -0.110. The van der Waals surface area contributed by atoms with Crippen LogP contribution in [0.3, 0.4) is 0 Å². The normalized spacial score (nSPS) is 13.7. The second kappa shape index (κ2) is 6.32. The summed E-state index contributed by atoms with van der Waals surface area (Å²) in [7, 11) is 0. The Morgan fingerprint density at radius 1 is 1.43 bits per heavy atom. The predicted molar refractivity (Wildman–Crippen MR) is 82.3 cm³/mol. The maximum atomic E-state index is 11.8. The topological polar surface area (TPSA) is 74.5 Å². The number of carbonyl (C=O) groups is 1. The molecular weight excluding hydrogens is 288 g/mol. The highest BCUT2D eigenvalue weighted by atomic mass is 32.1. The molecule has 2 aromatic rings. The van der Waals surface area contributed by atoms with E-state index in [1.54, 1.807) is 6.92 Å². The Morgan fingerprint density at radius 3 is 2.76 bits per heavy atom. The minimum absolute atomic E-state index is 0.155. The van der Waals surface area contributed by atoms with Gasteiger partial charge in [0.15, 0.2) is 0 Å². The minimum Gasteiger partial charge on any atom is -0.466 e. The molecule has 0 spiro atoms. The van der Waals surface area contributed by atoms with E-state index in [0.29, 0.717) is 6.54 Å². The Kier molecular flexibility index (Phi) is 4.69. The van der Waals surface area contributed by atoms with Crippen LogP contribution in [0.4, 0.5) is 4.79 Å². The minimum atomic E-state index is -1.06. The molecule has 21 heavy (non-hydrogen) atoms. The summed E-state index contributed by atoms with van der Waals surface area (Å²) >= 11 is 1.46. The summed E-state index contributed by atoms with van der Waals surface area (Å²) in [6.07, 6.45) is 0. The van der Waals surface area contributed by atoms with Gasteiger partial charge in [-0.1, -0.05) is 6.07 Å². The van der Waals surface area contributed by atoms with Crippen molar-refractivity contribution in [1.29, 1.82) is 0 Å². The largest absolute Gasteiger partial charge is 0.466 e. The highest BCUT2D eigenvalue weighted by Crippen LogP contribution is 2.24. The molecule has 0 bridgehead atoms. The molecule has 2 aromatic heterocycles. The Hall–Kier alpha value is -1.79. The third kappa shape index (κ3) is 4.09. The number of hydrogen-bond acceptors (Lipinski definition) is 4. The molecule has 0 unspecified atom stereocenters. The summed E-state index contributed by atoms with van der Waals surface area (Å²) in [6, 6.07) is 5.31. The molecule has 0 aromatic carbocycles. The van der Waals surface area contributed by atoms with E-state index in [-0.39, 0.29) is 12.6 Å². The van der Waals surface area contributed by atoms with Gasteiger partial charge in [-0.15, -0.1) is 11.3 Å². The van der Waals surface area contributed by atoms with E-state index in [4.69, 9.17) is 4.42 Å². The van der Waals surface area contributed by atoms with Crippen LogP contribution in [0.1, 0.15) is 28.9 Å². The lowest BCUT2D eigenvalue weighted by molar-refractivity contribution is 0.0631. The molecule has 0 fully saturated rings. The van der Waals surface area contributed by atoms with E-state index in [9.17, 15) is 9.90 Å². The van der Waals surface area contributed by atoms with Crippen molar-refractivity contribution in [3.8, 4) is 0 Å². The summed E-state index contributed by atoms with van der Waals surface area (Å²) < 4.78 is 5.40. The zero-order chi connectivity index (χ0) is 15.5. The first-order chi connectivity index (χ1) is 9.88. The van der Waals surface area contributed by atoms with Gasteiger partial charge in [-0.05, 0) is 38.3 Å². The molecule has 2 amide bonds. The Bertz CT molecular complexity index is 602. The maximum Gasteiger partial charge on any atom is 0.315 e. The molecule has 0 aliphatic carbocycles. The average Bonchev–Trinajstić information content (AvgIpc) is 3.04. The molecule has 0 saturated carbocycles. The van der Waals surface area contributed by atoms with Gasteiger partial charge in [0.05, 0.1) is 6.54 Å². The van der Waals surface area contributed by atoms with Crippen molar-refractivity contribution in [2.75, 3.05) is 6.54 Å². The van der Waals surface area contributed by atoms with Crippen LogP contribution in [0.5, 0.6) is 0 Å². The van der Waals surface area contributed by atoms with Crippen LogP contribution in [0.15, 0.2) is 28.0 Å². The summed E-state index contributed by atoms with van der Waals surface area (Å²) in [4.78, 5) is 12.6. The van der Waals surface area contributed by atoms with Gasteiger partial charge in [0.2, 0.25) is 0 Å². The zero-order valence-corrected chi connectivity index (χ0v) is 13.2. The summed E-state index contributed by atoms with van der Waals surface area (Å²) in [6.45, 7) is 5.97. The number of rotatable bonds is 5. The number of aryl methyl sites for hydroxylation is 2. The lowest BCUT2D eigenvalue weighted by Gasteiger charge is -2.22. The number of hydrogen-bond donors (Lipinski definition) is 3. The summed E-state index contributed by atoms with van der Waals surface area (Å²) in [5, 5.41) is 17.6. The van der Waals surface area contributed by atoms with Crippen LogP contribution in [-0.4, -0.2) is 17.7 Å². The fourth-order valence-electron chi connectivity index (χ4n) is 2.02. The number of aliphatic hydroxyl groups is 1. The molecule has 2 rings (SSSR count). The zero-order valence-electron chi connectivity index (χ0n) is 12.4. The van der Waals surface area contributed by atoms with Gasteiger partial charge in [-0.25, -0.2) is 4.79 Å². The SMILES string of the molecule is Cc1cc(CNC(=O)NC[C@](C)(O)c2cccs2)c(C)o1. The fourth-order valence-corrected chi connectivity index (χ4v) is 2.81. The van der Waals surface area contributed by atoms with E-state index in [1.807, 2.05) is 37.4 Å². The van der Waals surface area contributed by atoms with E-state index < -0.39 is 5.60 Å². The highest BCUT2D eigenvalue weighted by molar-refractivity contribution is 7.10.